The Kier molecular flexibility index (Phi) is 5.52. The van der Waals surface area contributed by atoms with Crippen LogP contribution in [-0.2, 0) is 9.53 Å². The molecule has 0 radical (unpaired) electrons. The number of aromatic nitrogens is 2. The van der Waals surface area contributed by atoms with Crippen LogP contribution >= 0.6 is 11.3 Å². The smallest absolute Gasteiger partial charge is 0.328 e. The van der Waals surface area contributed by atoms with Gasteiger partial charge in [-0.05, 0) is 25.8 Å². The van der Waals surface area contributed by atoms with Gasteiger partial charge in [0.05, 0.1) is 18.3 Å². The number of unbranched alkanes of at least 4 members (excludes halogenated alkanes) is 1. The maximum Gasteiger partial charge on any atom is 0.328 e. The molecular weight excluding hydrogens is 348 g/mol. The van der Waals surface area contributed by atoms with E-state index < -0.39 is 12.0 Å². The van der Waals surface area contributed by atoms with Gasteiger partial charge in [-0.3, -0.25) is 9.36 Å². The molecule has 0 N–H and O–H groups in total. The second-order valence-corrected chi connectivity index (χ2v) is 7.21. The molecule has 136 valence electrons. The lowest BCUT2D eigenvalue weighted by molar-refractivity contribution is -0.147. The van der Waals surface area contributed by atoms with E-state index in [1.807, 2.05) is 43.5 Å². The minimum Gasteiger partial charge on any atom is -0.464 e. The van der Waals surface area contributed by atoms with E-state index in [1.165, 1.54) is 22.2 Å². The molecule has 0 aliphatic heterocycles. The van der Waals surface area contributed by atoms with E-state index >= 15 is 0 Å². The zero-order valence-corrected chi connectivity index (χ0v) is 16.0. The summed E-state index contributed by atoms with van der Waals surface area (Å²) in [6.07, 6.45) is 3.20. The largest absolute Gasteiger partial charge is 0.464 e. The van der Waals surface area contributed by atoms with E-state index in [2.05, 4.69) is 4.98 Å². The SMILES string of the molecule is CCCCOC(=O)[C@H](C)n1cnc2scc(-c3ccc(C)cc3)c2c1=O. The third kappa shape index (κ3) is 3.55. The summed E-state index contributed by atoms with van der Waals surface area (Å²) < 4.78 is 6.61. The molecule has 1 aromatic carbocycles. The number of carbonyl (C=O) groups is 1. The summed E-state index contributed by atoms with van der Waals surface area (Å²) in [5.41, 5.74) is 2.76. The van der Waals surface area contributed by atoms with E-state index in [4.69, 9.17) is 4.74 Å². The van der Waals surface area contributed by atoms with Crippen molar-refractivity contribution in [2.24, 2.45) is 0 Å². The molecule has 2 heterocycles. The number of hydrogen-bond donors (Lipinski definition) is 0. The molecule has 0 saturated heterocycles. The standard InChI is InChI=1S/C20H22N2O3S/c1-4-5-10-25-20(24)14(3)22-12-21-18-17(19(22)23)16(11-26-18)15-8-6-13(2)7-9-15/h6-9,11-12,14H,4-5,10H2,1-3H3/t14-/m0/s1. The zero-order valence-electron chi connectivity index (χ0n) is 15.2. The fourth-order valence-electron chi connectivity index (χ4n) is 2.72. The van der Waals surface area contributed by atoms with E-state index in [0.717, 1.165) is 29.5 Å². The lowest BCUT2D eigenvalue weighted by Gasteiger charge is -2.14. The Hall–Kier alpha value is -2.47. The fraction of sp³-hybridized carbons (Fsp3) is 0.350. The molecule has 0 fully saturated rings. The highest BCUT2D eigenvalue weighted by molar-refractivity contribution is 7.17. The molecule has 0 amide bonds. The number of aryl methyl sites for hydroxylation is 1. The molecule has 0 saturated carbocycles. The van der Waals surface area contributed by atoms with Crippen molar-refractivity contribution >= 4 is 27.5 Å². The molecule has 3 aromatic rings. The molecule has 3 rings (SSSR count). The highest BCUT2D eigenvalue weighted by Gasteiger charge is 2.21. The average molecular weight is 370 g/mol. The predicted octanol–water partition coefficient (Wildman–Crippen LogP) is 4.34. The van der Waals surface area contributed by atoms with Gasteiger partial charge < -0.3 is 4.74 Å². The molecule has 2 aromatic heterocycles. The van der Waals surface area contributed by atoms with Crippen molar-refractivity contribution < 1.29 is 9.53 Å². The number of esters is 1. The van der Waals surface area contributed by atoms with E-state index in [9.17, 15) is 9.59 Å². The highest BCUT2D eigenvalue weighted by atomic mass is 32.1. The van der Waals surface area contributed by atoms with E-state index in [1.54, 1.807) is 6.92 Å². The van der Waals surface area contributed by atoms with Crippen molar-refractivity contribution in [1.82, 2.24) is 9.55 Å². The monoisotopic (exact) mass is 370 g/mol. The van der Waals surface area contributed by atoms with Gasteiger partial charge in [-0.2, -0.15) is 0 Å². The first-order valence-corrected chi connectivity index (χ1v) is 9.63. The number of hydrogen-bond acceptors (Lipinski definition) is 5. The normalized spacial score (nSPS) is 12.3. The summed E-state index contributed by atoms with van der Waals surface area (Å²) in [5.74, 6) is -0.409. The number of carbonyl (C=O) groups excluding carboxylic acids is 1. The number of fused-ring (bicyclic) bond motifs is 1. The van der Waals surface area contributed by atoms with Gasteiger partial charge in [0.25, 0.3) is 5.56 Å². The lowest BCUT2D eigenvalue weighted by atomic mass is 10.1. The van der Waals surface area contributed by atoms with E-state index in [0.29, 0.717) is 16.8 Å². The maximum absolute atomic E-state index is 13.0. The highest BCUT2D eigenvalue weighted by Crippen LogP contribution is 2.31. The van der Waals surface area contributed by atoms with E-state index in [-0.39, 0.29) is 5.56 Å². The molecular formula is C20H22N2O3S. The fourth-order valence-corrected chi connectivity index (χ4v) is 3.62. The van der Waals surface area contributed by atoms with Gasteiger partial charge in [-0.25, -0.2) is 9.78 Å². The van der Waals surface area contributed by atoms with Gasteiger partial charge in [0.2, 0.25) is 0 Å². The van der Waals surface area contributed by atoms with Crippen LogP contribution in [0.15, 0.2) is 40.8 Å². The first kappa shape index (κ1) is 18.3. The molecule has 5 nitrogen and oxygen atoms in total. The van der Waals surface area contributed by atoms with Crippen LogP contribution in [0.25, 0.3) is 21.3 Å². The Labute approximate surface area is 156 Å². The summed E-state index contributed by atoms with van der Waals surface area (Å²) in [7, 11) is 0. The van der Waals surface area contributed by atoms with Crippen molar-refractivity contribution in [3.05, 3.63) is 51.9 Å². The topological polar surface area (TPSA) is 61.2 Å². The van der Waals surface area contributed by atoms with Gasteiger partial charge in [-0.15, -0.1) is 11.3 Å². The van der Waals surface area contributed by atoms with Crippen molar-refractivity contribution in [3.8, 4) is 11.1 Å². The van der Waals surface area contributed by atoms with Crippen molar-refractivity contribution in [3.63, 3.8) is 0 Å². The Morgan fingerprint density at radius 2 is 2.04 bits per heavy atom. The van der Waals surface area contributed by atoms with Crippen LogP contribution in [0, 0.1) is 6.92 Å². The molecule has 0 unspecified atom stereocenters. The molecule has 0 aliphatic carbocycles. The van der Waals surface area contributed by atoms with Crippen LogP contribution < -0.4 is 5.56 Å². The molecule has 26 heavy (non-hydrogen) atoms. The first-order valence-electron chi connectivity index (χ1n) is 8.75. The number of benzene rings is 1. The third-order valence-corrected chi connectivity index (χ3v) is 5.27. The molecule has 0 bridgehead atoms. The molecule has 6 heteroatoms. The number of rotatable bonds is 6. The van der Waals surface area contributed by atoms with Crippen LogP contribution in [0.4, 0.5) is 0 Å². The maximum atomic E-state index is 13.0. The Morgan fingerprint density at radius 1 is 1.31 bits per heavy atom. The number of nitrogens with zero attached hydrogens (tertiary/aromatic N) is 2. The van der Waals surface area contributed by atoms with Crippen molar-refractivity contribution in [2.45, 2.75) is 39.7 Å². The van der Waals surface area contributed by atoms with Crippen LogP contribution in [-0.4, -0.2) is 22.1 Å². The number of thiophene rings is 1. The van der Waals surface area contributed by atoms with Crippen LogP contribution in [0.2, 0.25) is 0 Å². The summed E-state index contributed by atoms with van der Waals surface area (Å²) in [6, 6.07) is 7.32. The van der Waals surface area contributed by atoms with Crippen LogP contribution in [0.5, 0.6) is 0 Å². The second kappa shape index (κ2) is 7.83. The van der Waals surface area contributed by atoms with Gasteiger partial charge in [0.15, 0.2) is 0 Å². The second-order valence-electron chi connectivity index (χ2n) is 6.35. The summed E-state index contributed by atoms with van der Waals surface area (Å²) >= 11 is 1.43. The van der Waals surface area contributed by atoms with Crippen molar-refractivity contribution in [1.29, 1.82) is 0 Å². The summed E-state index contributed by atoms with van der Waals surface area (Å²) in [4.78, 5) is 30.3. The summed E-state index contributed by atoms with van der Waals surface area (Å²) in [5, 5.41) is 2.49. The minimum absolute atomic E-state index is 0.216. The Bertz CT molecular complexity index is 973. The van der Waals surface area contributed by atoms with Gasteiger partial charge in [-0.1, -0.05) is 43.2 Å². The van der Waals surface area contributed by atoms with Gasteiger partial charge in [0, 0.05) is 10.9 Å². The molecule has 0 aliphatic rings. The molecule has 0 spiro atoms. The van der Waals surface area contributed by atoms with Gasteiger partial charge >= 0.3 is 5.97 Å². The third-order valence-electron chi connectivity index (χ3n) is 4.38. The Balaban J connectivity index is 2.00. The molecule has 1 atom stereocenters. The minimum atomic E-state index is -0.706. The van der Waals surface area contributed by atoms with Gasteiger partial charge in [0.1, 0.15) is 10.9 Å². The average Bonchev–Trinajstić information content (AvgIpc) is 3.07. The number of ether oxygens (including phenoxy) is 1. The van der Waals surface area contributed by atoms with Crippen LogP contribution in [0.1, 0.15) is 38.3 Å². The van der Waals surface area contributed by atoms with Crippen LogP contribution in [0.3, 0.4) is 0 Å². The zero-order chi connectivity index (χ0) is 18.7. The van der Waals surface area contributed by atoms with Crippen molar-refractivity contribution in [2.75, 3.05) is 6.61 Å². The quantitative estimate of drug-likeness (QED) is 0.478. The predicted molar refractivity (Wildman–Crippen MR) is 105 cm³/mol. The first-order chi connectivity index (χ1) is 12.5. The Morgan fingerprint density at radius 3 is 2.73 bits per heavy atom. The summed E-state index contributed by atoms with van der Waals surface area (Å²) in [6.45, 7) is 6.09. The lowest BCUT2D eigenvalue weighted by Crippen LogP contribution is -2.29.